The fraction of sp³-hybridized carbons (Fsp3) is 0.333. The standard InChI is InChI=1S/C15H16O3S/c1-2-10-5-8-19-15(10)14(16)11-3-4-12-13(9-11)18-7-6-17-12/h3-5,8-9,14,16H,2,6-7H2,1H3. The summed E-state index contributed by atoms with van der Waals surface area (Å²) in [5.41, 5.74) is 2.05. The first kappa shape index (κ1) is 12.5. The Bertz CT molecular complexity index is 577. The van der Waals surface area contributed by atoms with E-state index in [-0.39, 0.29) is 0 Å². The molecule has 0 bridgehead atoms. The molecule has 0 saturated heterocycles. The van der Waals surface area contributed by atoms with Crippen LogP contribution in [0.5, 0.6) is 11.5 Å². The number of ether oxygens (including phenoxy) is 2. The summed E-state index contributed by atoms with van der Waals surface area (Å²) in [5.74, 6) is 1.47. The van der Waals surface area contributed by atoms with Gasteiger partial charge < -0.3 is 14.6 Å². The maximum absolute atomic E-state index is 10.5. The van der Waals surface area contributed by atoms with Crippen molar-refractivity contribution in [2.24, 2.45) is 0 Å². The average molecular weight is 276 g/mol. The molecule has 4 heteroatoms. The van der Waals surface area contributed by atoms with Gasteiger partial charge in [0.15, 0.2) is 11.5 Å². The van der Waals surface area contributed by atoms with Gasteiger partial charge in [-0.3, -0.25) is 0 Å². The van der Waals surface area contributed by atoms with Gasteiger partial charge in [-0.15, -0.1) is 11.3 Å². The van der Waals surface area contributed by atoms with Crippen molar-refractivity contribution in [3.8, 4) is 11.5 Å². The van der Waals surface area contributed by atoms with Gasteiger partial charge in [0.2, 0.25) is 0 Å². The molecule has 1 aromatic heterocycles. The third-order valence-electron chi connectivity index (χ3n) is 3.29. The quantitative estimate of drug-likeness (QED) is 0.936. The summed E-state index contributed by atoms with van der Waals surface area (Å²) in [4.78, 5) is 1.01. The minimum Gasteiger partial charge on any atom is -0.486 e. The fourth-order valence-corrected chi connectivity index (χ4v) is 3.27. The predicted molar refractivity (Wildman–Crippen MR) is 75.2 cm³/mol. The normalized spacial score (nSPS) is 15.3. The SMILES string of the molecule is CCc1ccsc1C(O)c1ccc2c(c1)OCCO2. The molecule has 1 N–H and O–H groups in total. The first-order valence-corrected chi connectivity index (χ1v) is 7.31. The van der Waals surface area contributed by atoms with Crippen LogP contribution in [0, 0.1) is 0 Å². The van der Waals surface area contributed by atoms with Gasteiger partial charge in [0.1, 0.15) is 19.3 Å². The number of aryl methyl sites for hydroxylation is 1. The van der Waals surface area contributed by atoms with Crippen LogP contribution in [-0.2, 0) is 6.42 Å². The van der Waals surface area contributed by atoms with E-state index in [0.29, 0.717) is 13.2 Å². The number of hydrogen-bond donors (Lipinski definition) is 1. The van der Waals surface area contributed by atoms with Crippen LogP contribution >= 0.6 is 11.3 Å². The summed E-state index contributed by atoms with van der Waals surface area (Å²) < 4.78 is 11.0. The number of benzene rings is 1. The second kappa shape index (κ2) is 5.23. The molecule has 1 atom stereocenters. The molecule has 0 spiro atoms. The number of aliphatic hydroxyl groups is 1. The highest BCUT2D eigenvalue weighted by molar-refractivity contribution is 7.10. The van der Waals surface area contributed by atoms with Crippen LogP contribution < -0.4 is 9.47 Å². The Morgan fingerprint density at radius 3 is 2.79 bits per heavy atom. The minimum atomic E-state index is -0.592. The molecule has 3 rings (SSSR count). The highest BCUT2D eigenvalue weighted by atomic mass is 32.1. The monoisotopic (exact) mass is 276 g/mol. The van der Waals surface area contributed by atoms with Crippen LogP contribution in [0.2, 0.25) is 0 Å². The van der Waals surface area contributed by atoms with Crippen molar-refractivity contribution in [2.75, 3.05) is 13.2 Å². The first-order chi connectivity index (χ1) is 9.29. The topological polar surface area (TPSA) is 38.7 Å². The molecular weight excluding hydrogens is 260 g/mol. The Labute approximate surface area is 116 Å². The van der Waals surface area contributed by atoms with E-state index in [1.807, 2.05) is 23.6 Å². The van der Waals surface area contributed by atoms with Gasteiger partial charge >= 0.3 is 0 Å². The van der Waals surface area contributed by atoms with Gasteiger partial charge in [-0.05, 0) is 41.1 Å². The molecule has 3 nitrogen and oxygen atoms in total. The van der Waals surface area contributed by atoms with Crippen molar-refractivity contribution < 1.29 is 14.6 Å². The number of aliphatic hydroxyl groups excluding tert-OH is 1. The molecule has 0 radical (unpaired) electrons. The second-order valence-electron chi connectivity index (χ2n) is 4.47. The number of fused-ring (bicyclic) bond motifs is 1. The Kier molecular flexibility index (Phi) is 3.44. The van der Waals surface area contributed by atoms with E-state index < -0.39 is 6.10 Å². The molecule has 1 aliphatic heterocycles. The first-order valence-electron chi connectivity index (χ1n) is 6.43. The molecule has 0 aliphatic carbocycles. The lowest BCUT2D eigenvalue weighted by Gasteiger charge is -2.20. The summed E-state index contributed by atoms with van der Waals surface area (Å²) in [5, 5.41) is 12.5. The summed E-state index contributed by atoms with van der Waals surface area (Å²) >= 11 is 1.59. The number of hydrogen-bond acceptors (Lipinski definition) is 4. The highest BCUT2D eigenvalue weighted by Crippen LogP contribution is 2.36. The van der Waals surface area contributed by atoms with E-state index in [9.17, 15) is 5.11 Å². The minimum absolute atomic E-state index is 0.561. The van der Waals surface area contributed by atoms with Gasteiger partial charge in [-0.2, -0.15) is 0 Å². The van der Waals surface area contributed by atoms with E-state index in [1.54, 1.807) is 11.3 Å². The van der Waals surface area contributed by atoms with Crippen LogP contribution in [0.25, 0.3) is 0 Å². The van der Waals surface area contributed by atoms with Crippen LogP contribution in [0.15, 0.2) is 29.6 Å². The molecule has 0 amide bonds. The third-order valence-corrected chi connectivity index (χ3v) is 4.30. The van der Waals surface area contributed by atoms with Crippen molar-refractivity contribution >= 4 is 11.3 Å². The number of rotatable bonds is 3. The third kappa shape index (κ3) is 2.33. The summed E-state index contributed by atoms with van der Waals surface area (Å²) in [6.07, 6.45) is 0.339. The van der Waals surface area contributed by atoms with E-state index in [2.05, 4.69) is 13.0 Å². The van der Waals surface area contributed by atoms with Crippen molar-refractivity contribution in [3.63, 3.8) is 0 Å². The van der Waals surface area contributed by atoms with Crippen molar-refractivity contribution in [2.45, 2.75) is 19.4 Å². The van der Waals surface area contributed by atoms with E-state index >= 15 is 0 Å². The van der Waals surface area contributed by atoms with Crippen molar-refractivity contribution in [1.82, 2.24) is 0 Å². The molecule has 0 saturated carbocycles. The largest absolute Gasteiger partial charge is 0.486 e. The second-order valence-corrected chi connectivity index (χ2v) is 5.42. The Morgan fingerprint density at radius 2 is 2.00 bits per heavy atom. The molecule has 2 heterocycles. The van der Waals surface area contributed by atoms with E-state index in [1.165, 1.54) is 5.56 Å². The summed E-state index contributed by atoms with van der Waals surface area (Å²) in [6.45, 7) is 3.24. The smallest absolute Gasteiger partial charge is 0.161 e. The maximum atomic E-state index is 10.5. The van der Waals surface area contributed by atoms with Gasteiger partial charge in [0, 0.05) is 4.88 Å². The van der Waals surface area contributed by atoms with Crippen LogP contribution in [0.4, 0.5) is 0 Å². The molecule has 100 valence electrons. The fourth-order valence-electron chi connectivity index (χ4n) is 2.26. The number of thiophene rings is 1. The maximum Gasteiger partial charge on any atom is 0.161 e. The Balaban J connectivity index is 1.93. The van der Waals surface area contributed by atoms with Crippen molar-refractivity contribution in [1.29, 1.82) is 0 Å². The van der Waals surface area contributed by atoms with Gasteiger partial charge in [-0.1, -0.05) is 13.0 Å². The molecule has 1 aromatic carbocycles. The van der Waals surface area contributed by atoms with Gasteiger partial charge in [-0.25, -0.2) is 0 Å². The lowest BCUT2D eigenvalue weighted by molar-refractivity contribution is 0.170. The van der Waals surface area contributed by atoms with E-state index in [4.69, 9.17) is 9.47 Å². The molecule has 1 unspecified atom stereocenters. The summed E-state index contributed by atoms with van der Waals surface area (Å²) in [7, 11) is 0. The lowest BCUT2D eigenvalue weighted by Crippen LogP contribution is -2.15. The van der Waals surface area contributed by atoms with Gasteiger partial charge in [0.25, 0.3) is 0 Å². The molecule has 2 aromatic rings. The lowest BCUT2D eigenvalue weighted by atomic mass is 10.0. The molecule has 1 aliphatic rings. The zero-order valence-corrected chi connectivity index (χ0v) is 11.6. The van der Waals surface area contributed by atoms with Gasteiger partial charge in [0.05, 0.1) is 0 Å². The summed E-state index contributed by atoms with van der Waals surface area (Å²) in [6, 6.07) is 7.71. The highest BCUT2D eigenvalue weighted by Gasteiger charge is 2.19. The van der Waals surface area contributed by atoms with Crippen molar-refractivity contribution in [3.05, 3.63) is 45.6 Å². The Morgan fingerprint density at radius 1 is 1.21 bits per heavy atom. The molecule has 19 heavy (non-hydrogen) atoms. The van der Waals surface area contributed by atoms with Crippen LogP contribution in [0.1, 0.15) is 29.0 Å². The van der Waals surface area contributed by atoms with Crippen LogP contribution in [0.3, 0.4) is 0 Å². The zero-order valence-electron chi connectivity index (χ0n) is 10.8. The Hall–Kier alpha value is -1.52. The average Bonchev–Trinajstić information content (AvgIpc) is 2.94. The van der Waals surface area contributed by atoms with Crippen LogP contribution in [-0.4, -0.2) is 18.3 Å². The molecular formula is C15H16O3S. The molecule has 0 fully saturated rings. The van der Waals surface area contributed by atoms with E-state index in [0.717, 1.165) is 28.4 Å². The predicted octanol–water partition coefficient (Wildman–Crippen LogP) is 3.16. The zero-order chi connectivity index (χ0) is 13.2.